The first-order chi connectivity index (χ1) is 13.0. The van der Waals surface area contributed by atoms with Crippen molar-refractivity contribution in [2.24, 2.45) is 5.92 Å². The number of nitrogens with one attached hydrogen (secondary N) is 2. The fourth-order valence-electron chi connectivity index (χ4n) is 3.51. The van der Waals surface area contributed by atoms with Gasteiger partial charge >= 0.3 is 12.0 Å². The highest BCUT2D eigenvalue weighted by Crippen LogP contribution is 2.23. The number of imide groups is 1. The molecule has 6 nitrogen and oxygen atoms in total. The van der Waals surface area contributed by atoms with Crippen LogP contribution in [0, 0.1) is 5.92 Å². The number of amides is 3. The molecule has 0 aliphatic heterocycles. The number of esters is 1. The molecule has 0 bridgehead atoms. The van der Waals surface area contributed by atoms with E-state index < -0.39 is 24.5 Å². The van der Waals surface area contributed by atoms with Gasteiger partial charge in [0.2, 0.25) is 0 Å². The van der Waals surface area contributed by atoms with Gasteiger partial charge in [-0.2, -0.15) is 0 Å². The van der Waals surface area contributed by atoms with E-state index in [2.05, 4.69) is 17.6 Å². The third-order valence-corrected chi connectivity index (χ3v) is 5.02. The molecule has 3 rings (SSSR count). The highest BCUT2D eigenvalue weighted by Gasteiger charge is 2.23. The maximum Gasteiger partial charge on any atom is 0.339 e. The number of urea groups is 1. The lowest BCUT2D eigenvalue weighted by Gasteiger charge is -2.29. The number of carbonyl (C=O) groups is 3. The van der Waals surface area contributed by atoms with Crippen LogP contribution in [0.25, 0.3) is 10.8 Å². The zero-order chi connectivity index (χ0) is 19.2. The van der Waals surface area contributed by atoms with Crippen LogP contribution in [0.4, 0.5) is 4.79 Å². The van der Waals surface area contributed by atoms with Crippen molar-refractivity contribution >= 4 is 28.7 Å². The first-order valence-electron chi connectivity index (χ1n) is 9.30. The lowest BCUT2D eigenvalue weighted by Crippen LogP contribution is -2.48. The van der Waals surface area contributed by atoms with Crippen LogP contribution in [0.3, 0.4) is 0 Å². The molecular weight excluding hydrogens is 344 g/mol. The largest absolute Gasteiger partial charge is 0.452 e. The molecule has 1 aliphatic rings. The van der Waals surface area contributed by atoms with Crippen molar-refractivity contribution in [3.8, 4) is 0 Å². The lowest BCUT2D eigenvalue weighted by atomic mass is 9.86. The summed E-state index contributed by atoms with van der Waals surface area (Å²) in [5.41, 5.74) is 0.390. The fourth-order valence-corrected chi connectivity index (χ4v) is 3.51. The average Bonchev–Trinajstić information content (AvgIpc) is 2.67. The monoisotopic (exact) mass is 368 g/mol. The Morgan fingerprint density at radius 2 is 1.78 bits per heavy atom. The first-order valence-corrected chi connectivity index (χ1v) is 9.30. The van der Waals surface area contributed by atoms with Gasteiger partial charge in [0.25, 0.3) is 5.91 Å². The zero-order valence-electron chi connectivity index (χ0n) is 15.4. The van der Waals surface area contributed by atoms with Crippen LogP contribution in [-0.4, -0.2) is 30.6 Å². The van der Waals surface area contributed by atoms with Crippen LogP contribution in [0.2, 0.25) is 0 Å². The van der Waals surface area contributed by atoms with Crippen LogP contribution in [0.5, 0.6) is 0 Å². The van der Waals surface area contributed by atoms with Gasteiger partial charge in [0.15, 0.2) is 6.61 Å². The molecule has 2 N–H and O–H groups in total. The highest BCUT2D eigenvalue weighted by atomic mass is 16.5. The van der Waals surface area contributed by atoms with Crippen LogP contribution >= 0.6 is 0 Å². The van der Waals surface area contributed by atoms with E-state index in [0.29, 0.717) is 11.5 Å². The van der Waals surface area contributed by atoms with Crippen LogP contribution in [0.15, 0.2) is 42.5 Å². The summed E-state index contributed by atoms with van der Waals surface area (Å²) in [6.45, 7) is 1.59. The van der Waals surface area contributed by atoms with Gasteiger partial charge in [-0.05, 0) is 35.6 Å². The van der Waals surface area contributed by atoms with Gasteiger partial charge in [0.1, 0.15) is 0 Å². The summed E-state index contributed by atoms with van der Waals surface area (Å²) >= 11 is 0. The normalized spacial score (nSPS) is 19.3. The lowest BCUT2D eigenvalue weighted by molar-refractivity contribution is -0.123. The topological polar surface area (TPSA) is 84.5 Å². The number of rotatable bonds is 4. The molecule has 2 aromatic rings. The number of hydrogen-bond donors (Lipinski definition) is 2. The molecule has 1 fully saturated rings. The van der Waals surface area contributed by atoms with Gasteiger partial charge in [-0.15, -0.1) is 0 Å². The van der Waals surface area contributed by atoms with Gasteiger partial charge in [0, 0.05) is 6.04 Å². The summed E-state index contributed by atoms with van der Waals surface area (Å²) in [6, 6.07) is 12.3. The minimum absolute atomic E-state index is 0.0739. The van der Waals surface area contributed by atoms with Gasteiger partial charge < -0.3 is 10.1 Å². The van der Waals surface area contributed by atoms with E-state index in [9.17, 15) is 14.4 Å². The number of ether oxygens (including phenoxy) is 1. The Morgan fingerprint density at radius 1 is 1.04 bits per heavy atom. The standard InChI is InChI=1S/C21H24N2O4/c1-14-7-2-5-12-18(14)22-21(26)23-19(24)13-27-20(25)17-11-6-9-15-8-3-4-10-16(15)17/h3-4,6,8-11,14,18H,2,5,7,12-13H2,1H3,(H2,22,23,24,26)/t14-,18+/m0/s1. The molecule has 6 heteroatoms. The fraction of sp³-hybridized carbons (Fsp3) is 0.381. The Hall–Kier alpha value is -2.89. The van der Waals surface area contributed by atoms with Gasteiger partial charge in [-0.1, -0.05) is 56.2 Å². The second-order valence-corrected chi connectivity index (χ2v) is 6.99. The zero-order valence-corrected chi connectivity index (χ0v) is 15.4. The van der Waals surface area contributed by atoms with Crippen LogP contribution < -0.4 is 10.6 Å². The van der Waals surface area contributed by atoms with E-state index in [1.54, 1.807) is 12.1 Å². The van der Waals surface area contributed by atoms with Gasteiger partial charge in [0.05, 0.1) is 5.56 Å². The van der Waals surface area contributed by atoms with E-state index >= 15 is 0 Å². The van der Waals surface area contributed by atoms with E-state index in [0.717, 1.165) is 30.0 Å². The van der Waals surface area contributed by atoms with Crippen LogP contribution in [0.1, 0.15) is 43.0 Å². The summed E-state index contributed by atoms with van der Waals surface area (Å²) in [7, 11) is 0. The molecule has 3 amide bonds. The smallest absolute Gasteiger partial charge is 0.339 e. The van der Waals surface area contributed by atoms with E-state index in [1.807, 2.05) is 30.3 Å². The third kappa shape index (κ3) is 4.84. The number of fused-ring (bicyclic) bond motifs is 1. The maximum absolute atomic E-state index is 12.3. The molecule has 2 atom stereocenters. The van der Waals surface area contributed by atoms with Crippen molar-refractivity contribution in [1.82, 2.24) is 10.6 Å². The third-order valence-electron chi connectivity index (χ3n) is 5.02. The van der Waals surface area contributed by atoms with Gasteiger partial charge in [-0.25, -0.2) is 9.59 Å². The minimum atomic E-state index is -0.649. The molecule has 27 heavy (non-hydrogen) atoms. The Labute approximate surface area is 158 Å². The average molecular weight is 368 g/mol. The van der Waals surface area contributed by atoms with Crippen molar-refractivity contribution in [1.29, 1.82) is 0 Å². The molecule has 142 valence electrons. The molecule has 0 spiro atoms. The predicted molar refractivity (Wildman–Crippen MR) is 102 cm³/mol. The summed E-state index contributed by atoms with van der Waals surface area (Å²) in [6.07, 6.45) is 4.23. The first kappa shape index (κ1) is 18.9. The van der Waals surface area contributed by atoms with Crippen molar-refractivity contribution in [2.75, 3.05) is 6.61 Å². The Morgan fingerprint density at radius 3 is 2.59 bits per heavy atom. The number of hydrogen-bond acceptors (Lipinski definition) is 4. The SMILES string of the molecule is C[C@H]1CCCC[C@H]1NC(=O)NC(=O)COC(=O)c1cccc2ccccc12. The number of benzene rings is 2. The van der Waals surface area contributed by atoms with E-state index in [1.165, 1.54) is 6.42 Å². The Bertz CT molecular complexity index is 844. The summed E-state index contributed by atoms with van der Waals surface area (Å²) in [5, 5.41) is 6.73. The highest BCUT2D eigenvalue weighted by molar-refractivity contribution is 6.05. The minimum Gasteiger partial charge on any atom is -0.452 e. The molecule has 0 saturated heterocycles. The number of carbonyl (C=O) groups excluding carboxylic acids is 3. The van der Waals surface area contributed by atoms with Crippen molar-refractivity contribution < 1.29 is 19.1 Å². The van der Waals surface area contributed by atoms with Gasteiger partial charge in [-0.3, -0.25) is 10.1 Å². The Kier molecular flexibility index (Phi) is 6.06. The molecule has 0 unspecified atom stereocenters. The maximum atomic E-state index is 12.3. The molecule has 2 aromatic carbocycles. The second-order valence-electron chi connectivity index (χ2n) is 6.99. The summed E-state index contributed by atoms with van der Waals surface area (Å²) < 4.78 is 5.08. The van der Waals surface area contributed by atoms with Crippen molar-refractivity contribution in [2.45, 2.75) is 38.6 Å². The van der Waals surface area contributed by atoms with E-state index in [-0.39, 0.29) is 6.04 Å². The predicted octanol–water partition coefficient (Wildman–Crippen LogP) is 3.40. The molecule has 1 aliphatic carbocycles. The Balaban J connectivity index is 1.51. The molecular formula is C21H24N2O4. The molecule has 0 aromatic heterocycles. The molecule has 1 saturated carbocycles. The summed E-state index contributed by atoms with van der Waals surface area (Å²) in [5.74, 6) is -0.850. The molecule has 0 radical (unpaired) electrons. The van der Waals surface area contributed by atoms with Crippen LogP contribution in [-0.2, 0) is 9.53 Å². The van der Waals surface area contributed by atoms with Crippen molar-refractivity contribution in [3.63, 3.8) is 0 Å². The quantitative estimate of drug-likeness (QED) is 0.810. The second kappa shape index (κ2) is 8.66. The summed E-state index contributed by atoms with van der Waals surface area (Å²) in [4.78, 5) is 36.2. The van der Waals surface area contributed by atoms with Crippen molar-refractivity contribution in [3.05, 3.63) is 48.0 Å². The van der Waals surface area contributed by atoms with E-state index in [4.69, 9.17) is 4.74 Å². The molecule has 0 heterocycles.